The lowest BCUT2D eigenvalue weighted by Gasteiger charge is -2.36. The van der Waals surface area contributed by atoms with Gasteiger partial charge in [0.05, 0.1) is 19.2 Å². The number of rotatable bonds is 9. The van der Waals surface area contributed by atoms with Crippen LogP contribution in [0.4, 0.5) is 5.69 Å². The van der Waals surface area contributed by atoms with Gasteiger partial charge in [-0.05, 0) is 43.7 Å². The Balaban J connectivity index is 1.52. The van der Waals surface area contributed by atoms with Crippen molar-refractivity contribution in [2.75, 3.05) is 44.2 Å². The molecule has 31 heavy (non-hydrogen) atoms. The minimum atomic E-state index is -0.420. The maximum absolute atomic E-state index is 12.7. The molecule has 1 heterocycles. The van der Waals surface area contributed by atoms with Crippen LogP contribution < -0.4 is 20.7 Å². The second-order valence-corrected chi connectivity index (χ2v) is 7.67. The molecule has 0 aliphatic carbocycles. The Hall–Kier alpha value is -3.06. The standard InChI is InChI=1S/C24H32N4O3/c1-3-21(20-7-5-6-8-22(20)31-4-2)26-23(29)17-27-13-15-28(16-14-27)19-11-9-18(10-12-19)24(25)30/h5-12,21H,3-4,13-17H2,1-2H3,(H2,25,30)(H,26,29). The molecule has 166 valence electrons. The SMILES string of the molecule is CCOc1ccccc1C(CC)NC(=O)CN1CCN(c2ccc(C(N)=O)cc2)CC1. The maximum atomic E-state index is 12.7. The van der Waals surface area contributed by atoms with Crippen molar-refractivity contribution in [3.8, 4) is 5.75 Å². The fourth-order valence-electron chi connectivity index (χ4n) is 3.90. The predicted molar refractivity (Wildman–Crippen MR) is 122 cm³/mol. The quantitative estimate of drug-likeness (QED) is 0.646. The van der Waals surface area contributed by atoms with E-state index < -0.39 is 5.91 Å². The summed E-state index contributed by atoms with van der Waals surface area (Å²) in [6.45, 7) is 8.26. The normalized spacial score (nSPS) is 15.4. The second kappa shape index (κ2) is 10.8. The topological polar surface area (TPSA) is 87.9 Å². The van der Waals surface area contributed by atoms with Crippen molar-refractivity contribution in [3.05, 3.63) is 59.7 Å². The summed E-state index contributed by atoms with van der Waals surface area (Å²) in [5, 5.41) is 3.17. The van der Waals surface area contributed by atoms with E-state index in [1.807, 2.05) is 43.3 Å². The van der Waals surface area contributed by atoms with Crippen molar-refractivity contribution in [2.24, 2.45) is 5.73 Å². The van der Waals surface area contributed by atoms with Crippen molar-refractivity contribution in [3.63, 3.8) is 0 Å². The molecule has 1 fully saturated rings. The molecule has 2 aromatic rings. The lowest BCUT2D eigenvalue weighted by atomic mass is 10.0. The second-order valence-electron chi connectivity index (χ2n) is 7.67. The Kier molecular flexibility index (Phi) is 7.89. The highest BCUT2D eigenvalue weighted by Crippen LogP contribution is 2.27. The summed E-state index contributed by atoms with van der Waals surface area (Å²) in [6, 6.07) is 15.2. The molecular weight excluding hydrogens is 392 g/mol. The van der Waals surface area contributed by atoms with Gasteiger partial charge in [-0.15, -0.1) is 0 Å². The molecule has 3 rings (SSSR count). The lowest BCUT2D eigenvalue weighted by molar-refractivity contribution is -0.123. The zero-order chi connectivity index (χ0) is 22.2. The van der Waals surface area contributed by atoms with Gasteiger partial charge in [-0.1, -0.05) is 25.1 Å². The summed E-state index contributed by atoms with van der Waals surface area (Å²) in [7, 11) is 0. The number of ether oxygens (including phenoxy) is 1. The molecule has 2 aromatic carbocycles. The Morgan fingerprint density at radius 3 is 2.32 bits per heavy atom. The fourth-order valence-corrected chi connectivity index (χ4v) is 3.90. The number of carbonyl (C=O) groups is 2. The molecule has 1 saturated heterocycles. The molecule has 3 N–H and O–H groups in total. The smallest absolute Gasteiger partial charge is 0.248 e. The van der Waals surface area contributed by atoms with E-state index in [0.717, 1.165) is 49.6 Å². The minimum absolute atomic E-state index is 0.0254. The molecule has 0 spiro atoms. The number of hydrogen-bond donors (Lipinski definition) is 2. The zero-order valence-corrected chi connectivity index (χ0v) is 18.3. The molecule has 1 aliphatic rings. The average Bonchev–Trinajstić information content (AvgIpc) is 2.79. The highest BCUT2D eigenvalue weighted by atomic mass is 16.5. The van der Waals surface area contributed by atoms with Gasteiger partial charge in [0.1, 0.15) is 5.75 Å². The number of anilines is 1. The van der Waals surface area contributed by atoms with E-state index in [1.54, 1.807) is 12.1 Å². The number of primary amides is 1. The molecule has 0 saturated carbocycles. The van der Waals surface area contributed by atoms with Crippen molar-refractivity contribution >= 4 is 17.5 Å². The average molecular weight is 425 g/mol. The third-order valence-corrected chi connectivity index (χ3v) is 5.59. The van der Waals surface area contributed by atoms with Gasteiger partial charge < -0.3 is 20.7 Å². The maximum Gasteiger partial charge on any atom is 0.248 e. The number of amides is 2. The van der Waals surface area contributed by atoms with Crippen LogP contribution in [0, 0.1) is 0 Å². The van der Waals surface area contributed by atoms with Crippen LogP contribution in [0.15, 0.2) is 48.5 Å². The summed E-state index contributed by atoms with van der Waals surface area (Å²) in [6.07, 6.45) is 0.797. The Labute approximate surface area is 184 Å². The first-order valence-electron chi connectivity index (χ1n) is 10.9. The molecule has 2 amide bonds. The number of nitrogens with two attached hydrogens (primary N) is 1. The van der Waals surface area contributed by atoms with E-state index in [9.17, 15) is 9.59 Å². The van der Waals surface area contributed by atoms with Crippen LogP contribution in [-0.4, -0.2) is 56.0 Å². The van der Waals surface area contributed by atoms with E-state index >= 15 is 0 Å². The summed E-state index contributed by atoms with van der Waals surface area (Å²) in [5.41, 5.74) is 7.90. The number of benzene rings is 2. The molecule has 1 unspecified atom stereocenters. The Morgan fingerprint density at radius 1 is 1.03 bits per heavy atom. The Bertz CT molecular complexity index is 877. The van der Waals surface area contributed by atoms with Crippen LogP contribution in [-0.2, 0) is 4.79 Å². The molecule has 1 atom stereocenters. The predicted octanol–water partition coefficient (Wildman–Crippen LogP) is 2.57. The number of hydrogen-bond acceptors (Lipinski definition) is 5. The summed E-state index contributed by atoms with van der Waals surface area (Å²) in [5.74, 6) is 0.433. The highest BCUT2D eigenvalue weighted by molar-refractivity contribution is 5.93. The molecule has 1 aliphatic heterocycles. The third-order valence-electron chi connectivity index (χ3n) is 5.59. The van der Waals surface area contributed by atoms with Gasteiger partial charge in [-0.2, -0.15) is 0 Å². The Morgan fingerprint density at radius 2 is 1.71 bits per heavy atom. The van der Waals surface area contributed by atoms with E-state index in [1.165, 1.54) is 0 Å². The van der Waals surface area contributed by atoms with Crippen LogP contribution in [0.1, 0.15) is 42.2 Å². The van der Waals surface area contributed by atoms with Crippen LogP contribution >= 0.6 is 0 Å². The van der Waals surface area contributed by atoms with Gasteiger partial charge in [0.2, 0.25) is 11.8 Å². The van der Waals surface area contributed by atoms with Gasteiger partial charge in [-0.3, -0.25) is 14.5 Å². The van der Waals surface area contributed by atoms with Crippen LogP contribution in [0.2, 0.25) is 0 Å². The van der Waals surface area contributed by atoms with Crippen molar-refractivity contribution in [1.82, 2.24) is 10.2 Å². The van der Waals surface area contributed by atoms with Gasteiger partial charge in [0, 0.05) is 43.0 Å². The molecular formula is C24H32N4O3. The molecule has 7 heteroatoms. The summed E-state index contributed by atoms with van der Waals surface area (Å²) >= 11 is 0. The number of carbonyl (C=O) groups excluding carboxylic acids is 2. The van der Waals surface area contributed by atoms with Gasteiger partial charge in [-0.25, -0.2) is 0 Å². The van der Waals surface area contributed by atoms with E-state index in [-0.39, 0.29) is 11.9 Å². The first kappa shape index (κ1) is 22.6. The minimum Gasteiger partial charge on any atom is -0.494 e. The van der Waals surface area contributed by atoms with Gasteiger partial charge in [0.15, 0.2) is 0 Å². The zero-order valence-electron chi connectivity index (χ0n) is 18.3. The van der Waals surface area contributed by atoms with Crippen LogP contribution in [0.5, 0.6) is 5.75 Å². The monoisotopic (exact) mass is 424 g/mol. The number of para-hydroxylation sites is 1. The van der Waals surface area contributed by atoms with E-state index in [2.05, 4.69) is 22.0 Å². The number of piperazine rings is 1. The lowest BCUT2D eigenvalue weighted by Crippen LogP contribution is -2.49. The highest BCUT2D eigenvalue weighted by Gasteiger charge is 2.22. The molecule has 0 bridgehead atoms. The van der Waals surface area contributed by atoms with Crippen molar-refractivity contribution in [1.29, 1.82) is 0 Å². The molecule has 7 nitrogen and oxygen atoms in total. The summed E-state index contributed by atoms with van der Waals surface area (Å²) in [4.78, 5) is 28.4. The van der Waals surface area contributed by atoms with Gasteiger partial charge in [0.25, 0.3) is 0 Å². The third kappa shape index (κ3) is 5.98. The largest absolute Gasteiger partial charge is 0.494 e. The van der Waals surface area contributed by atoms with Gasteiger partial charge >= 0.3 is 0 Å². The number of nitrogens with zero attached hydrogens (tertiary/aromatic N) is 2. The summed E-state index contributed by atoms with van der Waals surface area (Å²) < 4.78 is 5.73. The van der Waals surface area contributed by atoms with E-state index in [4.69, 9.17) is 10.5 Å². The van der Waals surface area contributed by atoms with E-state index in [0.29, 0.717) is 18.7 Å². The van der Waals surface area contributed by atoms with Crippen LogP contribution in [0.3, 0.4) is 0 Å². The molecule has 0 aromatic heterocycles. The van der Waals surface area contributed by atoms with Crippen LogP contribution in [0.25, 0.3) is 0 Å². The number of nitrogens with one attached hydrogen (secondary N) is 1. The van der Waals surface area contributed by atoms with Crippen molar-refractivity contribution in [2.45, 2.75) is 26.3 Å². The van der Waals surface area contributed by atoms with Crippen molar-refractivity contribution < 1.29 is 14.3 Å². The first-order chi connectivity index (χ1) is 15.0. The fraction of sp³-hybridized carbons (Fsp3) is 0.417. The molecule has 0 radical (unpaired) electrons. The first-order valence-corrected chi connectivity index (χ1v) is 10.9.